The van der Waals surface area contributed by atoms with E-state index in [-0.39, 0.29) is 0 Å². The molecule has 1 unspecified atom stereocenters. The molecule has 0 aliphatic carbocycles. The summed E-state index contributed by atoms with van der Waals surface area (Å²) in [5.74, 6) is 0. The average molecular weight is 301 g/mol. The Bertz CT molecular complexity index is 456. The molecule has 1 atom stereocenters. The predicted octanol–water partition coefficient (Wildman–Crippen LogP) is 3.06. The van der Waals surface area contributed by atoms with Crippen molar-refractivity contribution in [2.75, 3.05) is 13.2 Å². The first-order chi connectivity index (χ1) is 8.99. The van der Waals surface area contributed by atoms with E-state index in [1.54, 1.807) is 0 Å². The van der Waals surface area contributed by atoms with E-state index < -0.39 is 42.2 Å². The van der Waals surface area contributed by atoms with Gasteiger partial charge >= 0.3 is 12.4 Å². The fourth-order valence-corrected chi connectivity index (χ4v) is 1.74. The van der Waals surface area contributed by atoms with Crippen molar-refractivity contribution >= 4 is 0 Å². The average Bonchev–Trinajstić information content (AvgIpc) is 2.34. The SMILES string of the molecule is CC(CO)(NCC(F)(F)F)c1ccccc1C(F)(F)F. The number of alkyl halides is 6. The van der Waals surface area contributed by atoms with Gasteiger partial charge in [-0.25, -0.2) is 0 Å². The van der Waals surface area contributed by atoms with Gasteiger partial charge in [0.05, 0.1) is 24.3 Å². The van der Waals surface area contributed by atoms with Crippen molar-refractivity contribution in [3.05, 3.63) is 35.4 Å². The topological polar surface area (TPSA) is 32.3 Å². The van der Waals surface area contributed by atoms with Gasteiger partial charge < -0.3 is 5.11 Å². The highest BCUT2D eigenvalue weighted by Gasteiger charge is 2.40. The Balaban J connectivity index is 3.18. The van der Waals surface area contributed by atoms with Crippen molar-refractivity contribution in [2.24, 2.45) is 0 Å². The van der Waals surface area contributed by atoms with Crippen molar-refractivity contribution in [3.63, 3.8) is 0 Å². The van der Waals surface area contributed by atoms with Gasteiger partial charge in [-0.1, -0.05) is 18.2 Å². The highest BCUT2D eigenvalue weighted by molar-refractivity contribution is 5.35. The molecule has 1 aromatic carbocycles. The number of hydrogen-bond acceptors (Lipinski definition) is 2. The monoisotopic (exact) mass is 301 g/mol. The lowest BCUT2D eigenvalue weighted by Gasteiger charge is -2.32. The summed E-state index contributed by atoms with van der Waals surface area (Å²) in [5, 5.41) is 11.2. The van der Waals surface area contributed by atoms with Gasteiger partial charge in [-0.05, 0) is 18.6 Å². The molecule has 1 rings (SSSR count). The van der Waals surface area contributed by atoms with Crippen LogP contribution in [0.25, 0.3) is 0 Å². The van der Waals surface area contributed by atoms with Gasteiger partial charge in [0.15, 0.2) is 0 Å². The molecular formula is C12H13F6NO. The number of rotatable bonds is 4. The third-order valence-corrected chi connectivity index (χ3v) is 2.82. The summed E-state index contributed by atoms with van der Waals surface area (Å²) in [6.45, 7) is -1.32. The van der Waals surface area contributed by atoms with E-state index in [0.717, 1.165) is 25.1 Å². The Labute approximate surface area is 111 Å². The number of nitrogens with one attached hydrogen (secondary N) is 1. The van der Waals surface area contributed by atoms with Crippen LogP contribution < -0.4 is 5.32 Å². The smallest absolute Gasteiger partial charge is 0.394 e. The molecule has 20 heavy (non-hydrogen) atoms. The van der Waals surface area contributed by atoms with Crippen LogP contribution >= 0.6 is 0 Å². The summed E-state index contributed by atoms with van der Waals surface area (Å²) >= 11 is 0. The maximum Gasteiger partial charge on any atom is 0.416 e. The molecule has 0 radical (unpaired) electrons. The van der Waals surface area contributed by atoms with E-state index in [0.29, 0.717) is 0 Å². The van der Waals surface area contributed by atoms with Crippen LogP contribution in [0.3, 0.4) is 0 Å². The molecule has 0 aromatic heterocycles. The summed E-state index contributed by atoms with van der Waals surface area (Å²) in [6, 6.07) is 4.21. The van der Waals surface area contributed by atoms with Crippen molar-refractivity contribution in [3.8, 4) is 0 Å². The molecule has 0 aliphatic rings. The Morgan fingerprint density at radius 1 is 1.00 bits per heavy atom. The molecule has 0 saturated carbocycles. The molecule has 0 amide bonds. The summed E-state index contributed by atoms with van der Waals surface area (Å²) in [6.07, 6.45) is -9.31. The van der Waals surface area contributed by atoms with Gasteiger partial charge in [0.25, 0.3) is 0 Å². The largest absolute Gasteiger partial charge is 0.416 e. The highest BCUT2D eigenvalue weighted by atomic mass is 19.4. The predicted molar refractivity (Wildman–Crippen MR) is 59.9 cm³/mol. The van der Waals surface area contributed by atoms with Gasteiger partial charge in [-0.3, -0.25) is 5.32 Å². The van der Waals surface area contributed by atoms with E-state index in [4.69, 9.17) is 0 Å². The van der Waals surface area contributed by atoms with Gasteiger partial charge in [0.2, 0.25) is 0 Å². The lowest BCUT2D eigenvalue weighted by Crippen LogP contribution is -2.48. The Morgan fingerprint density at radius 2 is 1.50 bits per heavy atom. The van der Waals surface area contributed by atoms with Crippen LogP contribution in [0.15, 0.2) is 24.3 Å². The maximum absolute atomic E-state index is 12.9. The molecular weight excluding hydrogens is 288 g/mol. The standard InChI is InChI=1S/C12H13F6NO/c1-10(7-20,19-6-11(13,14)15)8-4-2-3-5-9(8)12(16,17)18/h2-5,19-20H,6-7H2,1H3. The molecule has 0 fully saturated rings. The van der Waals surface area contributed by atoms with Gasteiger partial charge in [-0.2, -0.15) is 26.3 Å². The molecule has 8 heteroatoms. The maximum atomic E-state index is 12.9. The van der Waals surface area contributed by atoms with Crippen molar-refractivity contribution < 1.29 is 31.4 Å². The first kappa shape index (κ1) is 16.8. The molecule has 114 valence electrons. The summed E-state index contributed by atoms with van der Waals surface area (Å²) in [7, 11) is 0. The molecule has 2 nitrogen and oxygen atoms in total. The fraction of sp³-hybridized carbons (Fsp3) is 0.500. The van der Waals surface area contributed by atoms with Crippen LogP contribution in [-0.4, -0.2) is 24.4 Å². The van der Waals surface area contributed by atoms with Crippen molar-refractivity contribution in [1.82, 2.24) is 5.32 Å². The first-order valence-electron chi connectivity index (χ1n) is 5.59. The zero-order chi connectivity index (χ0) is 15.6. The third-order valence-electron chi connectivity index (χ3n) is 2.82. The van der Waals surface area contributed by atoms with Gasteiger partial charge in [0, 0.05) is 0 Å². The fourth-order valence-electron chi connectivity index (χ4n) is 1.74. The first-order valence-corrected chi connectivity index (χ1v) is 5.59. The lowest BCUT2D eigenvalue weighted by molar-refractivity contribution is -0.140. The second-order valence-corrected chi connectivity index (χ2v) is 4.50. The zero-order valence-corrected chi connectivity index (χ0v) is 10.4. The van der Waals surface area contributed by atoms with E-state index in [2.05, 4.69) is 0 Å². The second-order valence-electron chi connectivity index (χ2n) is 4.50. The third kappa shape index (κ3) is 4.11. The molecule has 1 aromatic rings. The van der Waals surface area contributed by atoms with E-state index in [9.17, 15) is 31.4 Å². The van der Waals surface area contributed by atoms with Crippen LogP contribution in [0.4, 0.5) is 26.3 Å². The van der Waals surface area contributed by atoms with Crippen LogP contribution in [0.2, 0.25) is 0 Å². The normalized spacial score (nSPS) is 16.0. The molecule has 0 aliphatic heterocycles. The number of benzene rings is 1. The van der Waals surface area contributed by atoms with E-state index in [1.165, 1.54) is 6.07 Å². The molecule has 0 spiro atoms. The van der Waals surface area contributed by atoms with Crippen LogP contribution in [0.1, 0.15) is 18.1 Å². The molecule has 0 heterocycles. The molecule has 0 bridgehead atoms. The minimum absolute atomic E-state index is 0.431. The van der Waals surface area contributed by atoms with Gasteiger partial charge in [-0.15, -0.1) is 0 Å². The zero-order valence-electron chi connectivity index (χ0n) is 10.4. The van der Waals surface area contributed by atoms with Gasteiger partial charge in [0.1, 0.15) is 0 Å². The number of aliphatic hydroxyl groups excluding tert-OH is 1. The Hall–Kier alpha value is -1.28. The summed E-state index contributed by atoms with van der Waals surface area (Å²) in [5.41, 5.74) is -3.35. The van der Waals surface area contributed by atoms with Crippen molar-refractivity contribution in [1.29, 1.82) is 0 Å². The number of hydrogen-bond donors (Lipinski definition) is 2. The Morgan fingerprint density at radius 3 is 1.90 bits per heavy atom. The second kappa shape index (κ2) is 5.61. The summed E-state index contributed by atoms with van der Waals surface area (Å²) < 4.78 is 75.2. The lowest BCUT2D eigenvalue weighted by atomic mass is 9.88. The quantitative estimate of drug-likeness (QED) is 0.838. The number of halogens is 6. The van der Waals surface area contributed by atoms with Crippen LogP contribution in [-0.2, 0) is 11.7 Å². The minimum Gasteiger partial charge on any atom is -0.394 e. The Kier molecular flexibility index (Phi) is 4.70. The highest BCUT2D eigenvalue weighted by Crippen LogP contribution is 2.36. The molecule has 2 N–H and O–H groups in total. The van der Waals surface area contributed by atoms with Crippen molar-refractivity contribution in [2.45, 2.75) is 24.8 Å². The minimum atomic E-state index is -4.72. The number of aliphatic hydroxyl groups is 1. The van der Waals surface area contributed by atoms with E-state index in [1.807, 2.05) is 5.32 Å². The van der Waals surface area contributed by atoms with Crippen LogP contribution in [0, 0.1) is 0 Å². The van der Waals surface area contributed by atoms with E-state index >= 15 is 0 Å². The molecule has 0 saturated heterocycles. The van der Waals surface area contributed by atoms with Crippen LogP contribution in [0.5, 0.6) is 0 Å². The summed E-state index contributed by atoms with van der Waals surface area (Å²) in [4.78, 5) is 0.